The van der Waals surface area contributed by atoms with Gasteiger partial charge in [0, 0.05) is 4.88 Å². The Balaban J connectivity index is 2.74. The molecule has 0 radical (unpaired) electrons. The van der Waals surface area contributed by atoms with Gasteiger partial charge in [0.25, 0.3) is 0 Å². The van der Waals surface area contributed by atoms with Crippen molar-refractivity contribution in [1.29, 1.82) is 0 Å². The van der Waals surface area contributed by atoms with Gasteiger partial charge in [-0.25, -0.2) is 18.4 Å². The highest BCUT2D eigenvalue weighted by Crippen LogP contribution is 2.19. The van der Waals surface area contributed by atoms with Crippen LogP contribution in [0.1, 0.15) is 4.88 Å². The van der Waals surface area contributed by atoms with Crippen LogP contribution < -0.4 is 16.2 Å². The lowest BCUT2D eigenvalue weighted by molar-refractivity contribution is 0.248. The third kappa shape index (κ3) is 2.98. The Bertz CT molecular complexity index is 437. The Morgan fingerprint density at radius 3 is 2.57 bits per heavy atom. The van der Waals surface area contributed by atoms with Crippen LogP contribution >= 0.6 is 11.3 Å². The molecular formula is C6H9N3O3S2. The lowest BCUT2D eigenvalue weighted by Crippen LogP contribution is -2.28. The minimum absolute atomic E-state index is 0.0683. The minimum atomic E-state index is -3.65. The summed E-state index contributed by atoms with van der Waals surface area (Å²) in [5.41, 5.74) is 4.84. The molecule has 1 aromatic rings. The van der Waals surface area contributed by atoms with Crippen LogP contribution in [0.3, 0.4) is 0 Å². The molecule has 14 heavy (non-hydrogen) atoms. The van der Waals surface area contributed by atoms with E-state index in [4.69, 9.17) is 10.9 Å². The van der Waals surface area contributed by atoms with E-state index < -0.39 is 16.1 Å². The maximum absolute atomic E-state index is 10.9. The maximum atomic E-state index is 10.9. The molecule has 0 unspecified atom stereocenters. The first kappa shape index (κ1) is 11.0. The van der Waals surface area contributed by atoms with Crippen LogP contribution in [0.5, 0.6) is 0 Å². The number of hydrogen-bond donors (Lipinski definition) is 3. The SMILES string of the molecule is NC(=O)NCc1ccc(S(N)(=O)=O)s1. The third-order valence-corrected chi connectivity index (χ3v) is 3.88. The van der Waals surface area contributed by atoms with Crippen molar-refractivity contribution in [2.24, 2.45) is 10.9 Å². The number of rotatable bonds is 3. The van der Waals surface area contributed by atoms with Crippen molar-refractivity contribution in [2.45, 2.75) is 10.8 Å². The average Bonchev–Trinajstić information content (AvgIpc) is 2.47. The van der Waals surface area contributed by atoms with Crippen LogP contribution in [0.25, 0.3) is 0 Å². The van der Waals surface area contributed by atoms with E-state index in [9.17, 15) is 13.2 Å². The Morgan fingerprint density at radius 2 is 2.14 bits per heavy atom. The van der Waals surface area contributed by atoms with Gasteiger partial charge in [0.05, 0.1) is 6.54 Å². The van der Waals surface area contributed by atoms with Gasteiger partial charge in [0.2, 0.25) is 10.0 Å². The van der Waals surface area contributed by atoms with Gasteiger partial charge in [-0.15, -0.1) is 11.3 Å². The number of thiophene rings is 1. The third-order valence-electron chi connectivity index (χ3n) is 1.35. The molecule has 0 spiro atoms. The smallest absolute Gasteiger partial charge is 0.312 e. The number of nitrogens with one attached hydrogen (secondary N) is 1. The summed E-state index contributed by atoms with van der Waals surface area (Å²) in [7, 11) is -3.65. The molecule has 0 aliphatic rings. The number of primary sulfonamides is 1. The number of carbonyl (C=O) groups excluding carboxylic acids is 1. The molecule has 1 heterocycles. The molecule has 0 aliphatic heterocycles. The number of amides is 2. The van der Waals surface area contributed by atoms with Gasteiger partial charge >= 0.3 is 6.03 Å². The number of hydrogen-bond acceptors (Lipinski definition) is 4. The maximum Gasteiger partial charge on any atom is 0.312 e. The van der Waals surface area contributed by atoms with Gasteiger partial charge in [-0.3, -0.25) is 0 Å². The Kier molecular flexibility index (Phi) is 3.09. The van der Waals surface area contributed by atoms with Crippen LogP contribution in [0, 0.1) is 0 Å². The molecule has 0 saturated carbocycles. The van der Waals surface area contributed by atoms with Crippen LogP contribution in [-0.4, -0.2) is 14.4 Å². The minimum Gasteiger partial charge on any atom is -0.352 e. The molecule has 8 heteroatoms. The van der Waals surface area contributed by atoms with Crippen molar-refractivity contribution in [3.8, 4) is 0 Å². The molecule has 0 saturated heterocycles. The summed E-state index contributed by atoms with van der Waals surface area (Å²) in [5.74, 6) is 0. The largest absolute Gasteiger partial charge is 0.352 e. The molecule has 5 N–H and O–H groups in total. The molecule has 0 aromatic carbocycles. The molecule has 6 nitrogen and oxygen atoms in total. The lowest BCUT2D eigenvalue weighted by atomic mass is 10.5. The fourth-order valence-corrected chi connectivity index (χ4v) is 2.50. The van der Waals surface area contributed by atoms with Gasteiger partial charge in [-0.2, -0.15) is 0 Å². The average molecular weight is 235 g/mol. The molecule has 0 aliphatic carbocycles. The number of primary amides is 1. The summed E-state index contributed by atoms with van der Waals surface area (Å²) in [6.45, 7) is 0.204. The summed E-state index contributed by atoms with van der Waals surface area (Å²) in [6.07, 6.45) is 0. The number of sulfonamides is 1. The van der Waals surface area contributed by atoms with E-state index in [1.54, 1.807) is 6.07 Å². The molecule has 0 fully saturated rings. The molecule has 1 aromatic heterocycles. The van der Waals surface area contributed by atoms with E-state index in [-0.39, 0.29) is 10.8 Å². The van der Waals surface area contributed by atoms with Crippen molar-refractivity contribution < 1.29 is 13.2 Å². The van der Waals surface area contributed by atoms with Crippen molar-refractivity contribution in [3.05, 3.63) is 17.0 Å². The summed E-state index contributed by atoms with van der Waals surface area (Å²) in [6, 6.07) is 2.30. The van der Waals surface area contributed by atoms with Crippen LogP contribution in [-0.2, 0) is 16.6 Å². The fraction of sp³-hybridized carbons (Fsp3) is 0.167. The highest BCUT2D eigenvalue weighted by Gasteiger charge is 2.10. The van der Waals surface area contributed by atoms with E-state index >= 15 is 0 Å². The zero-order chi connectivity index (χ0) is 10.8. The molecule has 0 bridgehead atoms. The highest BCUT2D eigenvalue weighted by atomic mass is 32.2. The summed E-state index contributed by atoms with van der Waals surface area (Å²) < 4.78 is 21.8. The van der Waals surface area contributed by atoms with E-state index in [2.05, 4.69) is 5.32 Å². The second kappa shape index (κ2) is 3.95. The molecule has 1 rings (SSSR count). The van der Waals surface area contributed by atoms with Crippen molar-refractivity contribution in [2.75, 3.05) is 0 Å². The van der Waals surface area contributed by atoms with Gasteiger partial charge in [-0.1, -0.05) is 0 Å². The van der Waals surface area contributed by atoms with Crippen LogP contribution in [0.15, 0.2) is 16.3 Å². The van der Waals surface area contributed by atoms with Crippen LogP contribution in [0.4, 0.5) is 4.79 Å². The zero-order valence-corrected chi connectivity index (χ0v) is 8.69. The molecule has 78 valence electrons. The monoisotopic (exact) mass is 235 g/mol. The van der Waals surface area contributed by atoms with Gasteiger partial charge in [-0.05, 0) is 12.1 Å². The predicted molar refractivity (Wildman–Crippen MR) is 52.1 cm³/mol. The number of nitrogens with two attached hydrogens (primary N) is 2. The van der Waals surface area contributed by atoms with E-state index in [0.717, 1.165) is 11.3 Å². The lowest BCUT2D eigenvalue weighted by Gasteiger charge is -1.96. The van der Waals surface area contributed by atoms with Crippen molar-refractivity contribution >= 4 is 27.4 Å². The second-order valence-electron chi connectivity index (χ2n) is 2.48. The van der Waals surface area contributed by atoms with Crippen LogP contribution in [0.2, 0.25) is 0 Å². The quantitative estimate of drug-likeness (QED) is 0.659. The summed E-state index contributed by atoms with van der Waals surface area (Å²) in [4.78, 5) is 11.0. The first-order valence-corrected chi connectivity index (χ1v) is 5.90. The van der Waals surface area contributed by atoms with E-state index in [1.807, 2.05) is 0 Å². The van der Waals surface area contributed by atoms with Crippen molar-refractivity contribution in [1.82, 2.24) is 5.32 Å². The standard InChI is InChI=1S/C6H9N3O3S2/c7-6(10)9-3-4-1-2-5(13-4)14(8,11)12/h1-2H,3H2,(H3,7,9,10)(H2,8,11,12). The fourth-order valence-electron chi connectivity index (χ4n) is 0.780. The zero-order valence-electron chi connectivity index (χ0n) is 7.06. The highest BCUT2D eigenvalue weighted by molar-refractivity contribution is 7.91. The Hall–Kier alpha value is -1.12. The van der Waals surface area contributed by atoms with Gasteiger partial charge in [0.15, 0.2) is 0 Å². The predicted octanol–water partition coefficient (Wildman–Crippen LogP) is -0.436. The Labute approximate surface area is 85.0 Å². The number of carbonyl (C=O) groups is 1. The topological polar surface area (TPSA) is 115 Å². The van der Waals surface area contributed by atoms with E-state index in [1.165, 1.54) is 6.07 Å². The summed E-state index contributed by atoms with van der Waals surface area (Å²) >= 11 is 0.999. The van der Waals surface area contributed by atoms with Gasteiger partial charge < -0.3 is 11.1 Å². The first-order valence-electron chi connectivity index (χ1n) is 3.54. The normalized spacial score (nSPS) is 11.2. The van der Waals surface area contributed by atoms with E-state index in [0.29, 0.717) is 4.88 Å². The number of urea groups is 1. The molecule has 2 amide bonds. The van der Waals surface area contributed by atoms with Crippen molar-refractivity contribution in [3.63, 3.8) is 0 Å². The van der Waals surface area contributed by atoms with Gasteiger partial charge in [0.1, 0.15) is 4.21 Å². The second-order valence-corrected chi connectivity index (χ2v) is 5.44. The first-order chi connectivity index (χ1) is 6.39. The Morgan fingerprint density at radius 1 is 1.50 bits per heavy atom. The molecular weight excluding hydrogens is 226 g/mol. The summed E-state index contributed by atoms with van der Waals surface area (Å²) in [5, 5.41) is 7.24. The molecule has 0 atom stereocenters.